The Labute approximate surface area is 132 Å². The van der Waals surface area contributed by atoms with Crippen LogP contribution in [0, 0.1) is 0 Å². The number of hydrogen-bond acceptors (Lipinski definition) is 5. The molecule has 1 amide bonds. The summed E-state index contributed by atoms with van der Waals surface area (Å²) in [4.78, 5) is 23.3. The molecule has 0 bridgehead atoms. The van der Waals surface area contributed by atoms with Crippen LogP contribution in [0.2, 0.25) is 0 Å². The highest BCUT2D eigenvalue weighted by Crippen LogP contribution is 2.37. The average Bonchev–Trinajstić information content (AvgIpc) is 3.13. The second-order valence-corrected chi connectivity index (χ2v) is 6.31. The number of cyclic esters (lactones) is 1. The Morgan fingerprint density at radius 3 is 2.50 bits per heavy atom. The maximum atomic E-state index is 12.0. The lowest BCUT2D eigenvalue weighted by atomic mass is 10.00. The Kier molecular flexibility index (Phi) is 6.34. The Morgan fingerprint density at radius 1 is 1.23 bits per heavy atom. The minimum absolute atomic E-state index is 0.156. The van der Waals surface area contributed by atoms with E-state index in [2.05, 4.69) is 22.5 Å². The van der Waals surface area contributed by atoms with Gasteiger partial charge >= 0.3 is 5.97 Å². The van der Waals surface area contributed by atoms with Crippen molar-refractivity contribution >= 4 is 11.9 Å². The molecule has 0 aliphatic carbocycles. The number of rotatable bonds is 11. The summed E-state index contributed by atoms with van der Waals surface area (Å²) in [6.07, 6.45) is 10.3. The summed E-state index contributed by atoms with van der Waals surface area (Å²) < 4.78 is 4.83. The van der Waals surface area contributed by atoms with Gasteiger partial charge in [0.05, 0.1) is 13.0 Å². The maximum Gasteiger partial charge on any atom is 0.328 e. The van der Waals surface area contributed by atoms with E-state index < -0.39 is 11.7 Å². The summed E-state index contributed by atoms with van der Waals surface area (Å²) in [7, 11) is 0. The molecule has 1 atom stereocenters. The lowest BCUT2D eigenvalue weighted by Crippen LogP contribution is -2.39. The van der Waals surface area contributed by atoms with Gasteiger partial charge in [0, 0.05) is 6.42 Å². The van der Waals surface area contributed by atoms with Gasteiger partial charge in [-0.15, -0.1) is 0 Å². The molecule has 0 aromatic carbocycles. The van der Waals surface area contributed by atoms with Crippen LogP contribution in [-0.2, 0) is 14.3 Å². The Balaban J connectivity index is 1.56. The van der Waals surface area contributed by atoms with Crippen molar-refractivity contribution in [3.63, 3.8) is 0 Å². The molecule has 0 saturated carbocycles. The van der Waals surface area contributed by atoms with Crippen LogP contribution in [0.3, 0.4) is 0 Å². The highest BCUT2D eigenvalue weighted by molar-refractivity contribution is 5.86. The number of carbonyl (C=O) groups excluding carboxylic acids is 2. The second kappa shape index (κ2) is 8.25. The van der Waals surface area contributed by atoms with Crippen LogP contribution in [0.5, 0.6) is 0 Å². The molecule has 6 heteroatoms. The molecule has 2 heterocycles. The lowest BCUT2D eigenvalue weighted by molar-refractivity contribution is -0.141. The summed E-state index contributed by atoms with van der Waals surface area (Å²) in [5.41, 5.74) is -0.504. The molecule has 0 spiro atoms. The zero-order valence-corrected chi connectivity index (χ0v) is 13.5. The van der Waals surface area contributed by atoms with Crippen LogP contribution >= 0.6 is 0 Å². The minimum Gasteiger partial charge on any atom is -0.464 e. The van der Waals surface area contributed by atoms with E-state index in [1.54, 1.807) is 0 Å². The molecule has 0 aromatic rings. The van der Waals surface area contributed by atoms with E-state index in [0.717, 1.165) is 12.8 Å². The normalized spacial score (nSPS) is 21.7. The third-order valence-corrected chi connectivity index (χ3v) is 4.28. The molecular formula is C16H27N3O3. The molecule has 1 saturated heterocycles. The fourth-order valence-corrected chi connectivity index (χ4v) is 2.82. The Bertz CT molecular complexity index is 417. The number of hydrogen-bond donors (Lipinski definition) is 1. The average molecular weight is 309 g/mol. The first-order chi connectivity index (χ1) is 10.7. The van der Waals surface area contributed by atoms with Crippen molar-refractivity contribution in [2.75, 3.05) is 6.61 Å². The van der Waals surface area contributed by atoms with Crippen molar-refractivity contribution < 1.29 is 14.3 Å². The molecule has 1 N–H and O–H groups in total. The third-order valence-electron chi connectivity index (χ3n) is 4.28. The summed E-state index contributed by atoms with van der Waals surface area (Å²) in [6, 6.07) is -0.484. The molecule has 0 aromatic heterocycles. The highest BCUT2D eigenvalue weighted by Gasteiger charge is 2.42. The zero-order valence-electron chi connectivity index (χ0n) is 13.5. The smallest absolute Gasteiger partial charge is 0.328 e. The van der Waals surface area contributed by atoms with Gasteiger partial charge in [0.2, 0.25) is 5.91 Å². The first-order valence-corrected chi connectivity index (χ1v) is 8.55. The largest absolute Gasteiger partial charge is 0.464 e. The maximum absolute atomic E-state index is 12.0. The zero-order chi connectivity index (χ0) is 15.8. The predicted molar refractivity (Wildman–Crippen MR) is 82.3 cm³/mol. The van der Waals surface area contributed by atoms with Crippen molar-refractivity contribution in [3.8, 4) is 0 Å². The lowest BCUT2D eigenvalue weighted by Gasteiger charge is -2.12. The van der Waals surface area contributed by atoms with Crippen molar-refractivity contribution in [1.29, 1.82) is 0 Å². The van der Waals surface area contributed by atoms with E-state index in [4.69, 9.17) is 4.74 Å². The van der Waals surface area contributed by atoms with Crippen LogP contribution in [0.25, 0.3) is 0 Å². The van der Waals surface area contributed by atoms with Gasteiger partial charge in [-0.2, -0.15) is 10.2 Å². The molecule has 6 nitrogen and oxygen atoms in total. The molecular weight excluding hydrogens is 282 g/mol. The van der Waals surface area contributed by atoms with Crippen LogP contribution in [0.1, 0.15) is 71.1 Å². The van der Waals surface area contributed by atoms with Crippen LogP contribution in [0.15, 0.2) is 10.2 Å². The van der Waals surface area contributed by atoms with Crippen molar-refractivity contribution in [1.82, 2.24) is 5.32 Å². The number of carbonyl (C=O) groups is 2. The molecule has 2 aliphatic rings. The summed E-state index contributed by atoms with van der Waals surface area (Å²) in [5, 5.41) is 10.8. The Hall–Kier alpha value is -1.46. The van der Waals surface area contributed by atoms with E-state index in [0.29, 0.717) is 13.0 Å². The van der Waals surface area contributed by atoms with Crippen LogP contribution < -0.4 is 5.32 Å². The van der Waals surface area contributed by atoms with E-state index in [1.165, 1.54) is 38.5 Å². The first-order valence-electron chi connectivity index (χ1n) is 8.55. The van der Waals surface area contributed by atoms with Crippen LogP contribution in [0.4, 0.5) is 0 Å². The number of ether oxygens (including phenoxy) is 1. The number of amides is 1. The molecule has 22 heavy (non-hydrogen) atoms. The molecule has 0 radical (unpaired) electrons. The number of nitrogens with one attached hydrogen (secondary N) is 1. The number of unbranched alkanes of at least 4 members (excludes halogenated alkanes) is 6. The molecule has 1 fully saturated rings. The van der Waals surface area contributed by atoms with E-state index in [1.807, 2.05) is 0 Å². The van der Waals surface area contributed by atoms with E-state index in [9.17, 15) is 9.59 Å². The standard InChI is InChI=1S/C16H27N3O3/c1-2-3-4-5-6-7-8-10-16(18-19-16)12-14(20)17-13-9-11-22-15(13)21/h13H,2-12H2,1H3,(H,17,20)/t13-/m0/s1. The summed E-state index contributed by atoms with van der Waals surface area (Å²) >= 11 is 0. The van der Waals surface area contributed by atoms with Crippen LogP contribution in [-0.4, -0.2) is 30.2 Å². The monoisotopic (exact) mass is 309 g/mol. The van der Waals surface area contributed by atoms with Crippen molar-refractivity contribution in [2.24, 2.45) is 10.2 Å². The second-order valence-electron chi connectivity index (χ2n) is 6.31. The number of esters is 1. The molecule has 2 rings (SSSR count). The fourth-order valence-electron chi connectivity index (χ4n) is 2.82. The van der Waals surface area contributed by atoms with Gasteiger partial charge in [-0.1, -0.05) is 45.4 Å². The molecule has 0 unspecified atom stereocenters. The van der Waals surface area contributed by atoms with Gasteiger partial charge in [-0.05, 0) is 12.8 Å². The van der Waals surface area contributed by atoms with Crippen molar-refractivity contribution in [3.05, 3.63) is 0 Å². The van der Waals surface area contributed by atoms with Gasteiger partial charge in [-0.25, -0.2) is 4.79 Å². The highest BCUT2D eigenvalue weighted by atomic mass is 16.5. The van der Waals surface area contributed by atoms with Gasteiger partial charge in [-0.3, -0.25) is 4.79 Å². The van der Waals surface area contributed by atoms with E-state index >= 15 is 0 Å². The van der Waals surface area contributed by atoms with Gasteiger partial charge < -0.3 is 10.1 Å². The fraction of sp³-hybridized carbons (Fsp3) is 0.875. The quantitative estimate of drug-likeness (QED) is 0.470. The first kappa shape index (κ1) is 16.9. The SMILES string of the molecule is CCCCCCCCCC1(CC(=O)N[C@H]2CCOC2=O)N=N1. The van der Waals surface area contributed by atoms with Gasteiger partial charge in [0.25, 0.3) is 0 Å². The summed E-state index contributed by atoms with van der Waals surface area (Å²) in [5.74, 6) is -0.490. The predicted octanol–water partition coefficient (Wildman–Crippen LogP) is 3.11. The molecule has 124 valence electrons. The van der Waals surface area contributed by atoms with Crippen molar-refractivity contribution in [2.45, 2.75) is 82.8 Å². The third kappa shape index (κ3) is 5.39. The Morgan fingerprint density at radius 2 is 1.91 bits per heavy atom. The number of nitrogens with zero attached hydrogens (tertiary/aromatic N) is 2. The topological polar surface area (TPSA) is 80.1 Å². The van der Waals surface area contributed by atoms with Gasteiger partial charge in [0.15, 0.2) is 5.66 Å². The summed E-state index contributed by atoms with van der Waals surface area (Å²) in [6.45, 7) is 2.61. The minimum atomic E-state index is -0.504. The van der Waals surface area contributed by atoms with Gasteiger partial charge in [0.1, 0.15) is 6.04 Å². The molecule has 2 aliphatic heterocycles. The van der Waals surface area contributed by atoms with E-state index in [-0.39, 0.29) is 18.3 Å².